The molecule has 0 radical (unpaired) electrons. The number of carbonyl (C=O) groups is 2. The summed E-state index contributed by atoms with van der Waals surface area (Å²) in [6, 6.07) is 11.7. The standard InChI is InChI=1S/C22H28N2O3S/c1-22(2,3)17-11-13-18(14-12-17)24(21(27)19-9-8-16-28-19)23-15-7-5-4-6-10-20(25)26/h5,7-9,11-14,16,23H,4,6,10,15H2,1-3H3,(H,25,26). The minimum absolute atomic E-state index is 0.0488. The summed E-state index contributed by atoms with van der Waals surface area (Å²) in [5.41, 5.74) is 5.21. The minimum Gasteiger partial charge on any atom is -0.481 e. The molecule has 0 fully saturated rings. The maximum absolute atomic E-state index is 12.9. The first-order valence-corrected chi connectivity index (χ1v) is 10.3. The largest absolute Gasteiger partial charge is 0.481 e. The topological polar surface area (TPSA) is 69.6 Å². The lowest BCUT2D eigenvalue weighted by Crippen LogP contribution is -2.43. The number of benzene rings is 1. The molecule has 0 saturated heterocycles. The smallest absolute Gasteiger partial charge is 0.303 e. The van der Waals surface area contributed by atoms with Crippen LogP contribution in [0.3, 0.4) is 0 Å². The molecule has 28 heavy (non-hydrogen) atoms. The number of thiophene rings is 1. The van der Waals surface area contributed by atoms with Crippen molar-refractivity contribution in [1.82, 2.24) is 5.43 Å². The van der Waals surface area contributed by atoms with Gasteiger partial charge in [-0.25, -0.2) is 10.4 Å². The molecule has 0 bridgehead atoms. The van der Waals surface area contributed by atoms with Crippen LogP contribution in [0.15, 0.2) is 53.9 Å². The van der Waals surface area contributed by atoms with E-state index in [9.17, 15) is 9.59 Å². The molecule has 1 aromatic carbocycles. The molecule has 1 aromatic heterocycles. The van der Waals surface area contributed by atoms with E-state index in [1.165, 1.54) is 16.9 Å². The Bertz CT molecular complexity index is 790. The maximum atomic E-state index is 12.9. The van der Waals surface area contributed by atoms with Crippen LogP contribution in [-0.2, 0) is 10.2 Å². The molecule has 1 amide bonds. The van der Waals surface area contributed by atoms with Gasteiger partial charge >= 0.3 is 5.97 Å². The normalized spacial score (nSPS) is 11.7. The van der Waals surface area contributed by atoms with Gasteiger partial charge in [-0.1, -0.05) is 51.1 Å². The van der Waals surface area contributed by atoms with Crippen LogP contribution in [0.2, 0.25) is 0 Å². The first-order valence-electron chi connectivity index (χ1n) is 9.38. The lowest BCUT2D eigenvalue weighted by molar-refractivity contribution is -0.137. The van der Waals surface area contributed by atoms with Gasteiger partial charge in [-0.3, -0.25) is 9.59 Å². The highest BCUT2D eigenvalue weighted by atomic mass is 32.1. The molecule has 0 spiro atoms. The summed E-state index contributed by atoms with van der Waals surface area (Å²) in [4.78, 5) is 24.1. The number of hydrazine groups is 1. The number of hydrogen-bond donors (Lipinski definition) is 2. The van der Waals surface area contributed by atoms with Gasteiger partial charge in [0.15, 0.2) is 0 Å². The summed E-state index contributed by atoms with van der Waals surface area (Å²) in [5, 5.41) is 12.1. The summed E-state index contributed by atoms with van der Waals surface area (Å²) in [7, 11) is 0. The second-order valence-electron chi connectivity index (χ2n) is 7.53. The molecule has 0 aliphatic rings. The Hall–Kier alpha value is -2.44. The van der Waals surface area contributed by atoms with Gasteiger partial charge in [-0.2, -0.15) is 0 Å². The van der Waals surface area contributed by atoms with Crippen LogP contribution in [0.25, 0.3) is 0 Å². The number of hydrogen-bond acceptors (Lipinski definition) is 4. The molecule has 2 N–H and O–H groups in total. The number of anilines is 1. The van der Waals surface area contributed by atoms with E-state index in [2.05, 4.69) is 26.2 Å². The summed E-state index contributed by atoms with van der Waals surface area (Å²) in [6.07, 6.45) is 5.33. The molecule has 0 unspecified atom stereocenters. The number of rotatable bonds is 9. The number of unbranched alkanes of at least 4 members (excludes halogenated alkanes) is 1. The third-order valence-corrected chi connectivity index (χ3v) is 5.08. The quantitative estimate of drug-likeness (QED) is 0.353. The van der Waals surface area contributed by atoms with Gasteiger partial charge < -0.3 is 5.11 Å². The maximum Gasteiger partial charge on any atom is 0.303 e. The number of amides is 1. The summed E-state index contributed by atoms with van der Waals surface area (Å²) >= 11 is 1.41. The van der Waals surface area contributed by atoms with Crippen LogP contribution in [0.5, 0.6) is 0 Å². The molecule has 0 aliphatic heterocycles. The van der Waals surface area contributed by atoms with Crippen molar-refractivity contribution in [2.45, 2.75) is 45.4 Å². The predicted molar refractivity (Wildman–Crippen MR) is 115 cm³/mol. The highest BCUT2D eigenvalue weighted by Gasteiger charge is 2.19. The van der Waals surface area contributed by atoms with Crippen molar-refractivity contribution < 1.29 is 14.7 Å². The Morgan fingerprint density at radius 3 is 2.43 bits per heavy atom. The molecule has 0 saturated carbocycles. The fourth-order valence-corrected chi connectivity index (χ4v) is 3.27. The second-order valence-corrected chi connectivity index (χ2v) is 8.48. The van der Waals surface area contributed by atoms with E-state index in [1.54, 1.807) is 5.01 Å². The van der Waals surface area contributed by atoms with Crippen LogP contribution in [0.1, 0.15) is 55.3 Å². The number of allylic oxidation sites excluding steroid dienone is 1. The summed E-state index contributed by atoms with van der Waals surface area (Å²) in [6.45, 7) is 6.95. The van der Waals surface area contributed by atoms with E-state index in [4.69, 9.17) is 5.11 Å². The van der Waals surface area contributed by atoms with E-state index >= 15 is 0 Å². The average Bonchev–Trinajstić information content (AvgIpc) is 3.17. The van der Waals surface area contributed by atoms with Crippen LogP contribution >= 0.6 is 11.3 Å². The van der Waals surface area contributed by atoms with Gasteiger partial charge in [0.2, 0.25) is 0 Å². The molecule has 0 aliphatic carbocycles. The number of carbonyl (C=O) groups excluding carboxylic acids is 1. The van der Waals surface area contributed by atoms with Crippen molar-refractivity contribution in [3.8, 4) is 0 Å². The monoisotopic (exact) mass is 400 g/mol. The number of carboxylic acid groups (broad SMARTS) is 1. The number of carboxylic acids is 1. The van der Waals surface area contributed by atoms with Gasteiger partial charge in [-0.05, 0) is 47.4 Å². The minimum atomic E-state index is -0.780. The Morgan fingerprint density at radius 2 is 1.86 bits per heavy atom. The Morgan fingerprint density at radius 1 is 1.14 bits per heavy atom. The fourth-order valence-electron chi connectivity index (χ4n) is 2.62. The Kier molecular flexibility index (Phi) is 7.96. The first-order chi connectivity index (χ1) is 13.3. The molecule has 6 heteroatoms. The first kappa shape index (κ1) is 21.9. The van der Waals surface area contributed by atoms with Gasteiger partial charge in [0.25, 0.3) is 5.91 Å². The Balaban J connectivity index is 2.06. The lowest BCUT2D eigenvalue weighted by Gasteiger charge is -2.24. The highest BCUT2D eigenvalue weighted by molar-refractivity contribution is 7.12. The third-order valence-electron chi connectivity index (χ3n) is 4.22. The van der Waals surface area contributed by atoms with E-state index in [0.717, 1.165) is 5.69 Å². The zero-order valence-corrected chi connectivity index (χ0v) is 17.5. The van der Waals surface area contributed by atoms with E-state index in [1.807, 2.05) is 53.9 Å². The molecule has 5 nitrogen and oxygen atoms in total. The lowest BCUT2D eigenvalue weighted by atomic mass is 9.87. The van der Waals surface area contributed by atoms with Crippen LogP contribution in [0.4, 0.5) is 5.69 Å². The van der Waals surface area contributed by atoms with Crippen LogP contribution in [0, 0.1) is 0 Å². The molecule has 2 aromatic rings. The molecular weight excluding hydrogens is 372 g/mol. The predicted octanol–water partition coefficient (Wildman–Crippen LogP) is 5.01. The van der Waals surface area contributed by atoms with Crippen molar-refractivity contribution in [2.75, 3.05) is 11.6 Å². The van der Waals surface area contributed by atoms with Crippen LogP contribution < -0.4 is 10.4 Å². The average molecular weight is 401 g/mol. The van der Waals surface area contributed by atoms with Crippen molar-refractivity contribution in [3.63, 3.8) is 0 Å². The molecule has 2 rings (SSSR count). The zero-order valence-electron chi connectivity index (χ0n) is 16.6. The van der Waals surface area contributed by atoms with E-state index < -0.39 is 5.97 Å². The van der Waals surface area contributed by atoms with Crippen molar-refractivity contribution in [3.05, 3.63) is 64.4 Å². The Labute approximate surface area is 170 Å². The molecule has 0 atom stereocenters. The third kappa shape index (κ3) is 6.62. The highest BCUT2D eigenvalue weighted by Crippen LogP contribution is 2.25. The summed E-state index contributed by atoms with van der Waals surface area (Å²) in [5.74, 6) is -0.879. The van der Waals surface area contributed by atoms with E-state index in [-0.39, 0.29) is 17.7 Å². The summed E-state index contributed by atoms with van der Waals surface area (Å²) < 4.78 is 0. The zero-order chi connectivity index (χ0) is 20.6. The van der Waals surface area contributed by atoms with Crippen LogP contribution in [-0.4, -0.2) is 23.5 Å². The van der Waals surface area contributed by atoms with Crippen molar-refractivity contribution in [1.29, 1.82) is 0 Å². The van der Waals surface area contributed by atoms with Gasteiger partial charge in [0.05, 0.1) is 10.6 Å². The number of aliphatic carboxylic acids is 1. The fraction of sp³-hybridized carbons (Fsp3) is 0.364. The van der Waals surface area contributed by atoms with Crippen molar-refractivity contribution in [2.24, 2.45) is 0 Å². The molecule has 1 heterocycles. The van der Waals surface area contributed by atoms with Gasteiger partial charge in [-0.15, -0.1) is 11.3 Å². The van der Waals surface area contributed by atoms with Crippen molar-refractivity contribution >= 4 is 28.9 Å². The van der Waals surface area contributed by atoms with Gasteiger partial charge in [0.1, 0.15) is 0 Å². The van der Waals surface area contributed by atoms with Gasteiger partial charge in [0, 0.05) is 13.0 Å². The number of nitrogens with zero attached hydrogens (tertiary/aromatic N) is 1. The molecular formula is C22H28N2O3S. The molecule has 150 valence electrons. The SMILES string of the molecule is CC(C)(C)c1ccc(N(NCC=CCCCC(=O)O)C(=O)c2cccs2)cc1. The van der Waals surface area contributed by atoms with E-state index in [0.29, 0.717) is 24.3 Å². The number of nitrogens with one attached hydrogen (secondary N) is 1. The second kappa shape index (κ2) is 10.2.